The molecule has 0 radical (unpaired) electrons. The van der Waals surface area contributed by atoms with E-state index in [9.17, 15) is 0 Å². The molecule has 1 heterocycles. The molecule has 2 atom stereocenters. The molecule has 0 amide bonds. The summed E-state index contributed by atoms with van der Waals surface area (Å²) in [4.78, 5) is 4.88. The van der Waals surface area contributed by atoms with Crippen LogP contribution >= 0.6 is 11.8 Å². The average molecular weight is 256 g/mol. The topological polar surface area (TPSA) is 24.4 Å². The maximum atomic E-state index is 4.88. The molecule has 0 bridgehead atoms. The van der Waals surface area contributed by atoms with Crippen molar-refractivity contribution in [1.82, 2.24) is 5.32 Å². The van der Waals surface area contributed by atoms with Gasteiger partial charge in [-0.15, -0.1) is 0 Å². The van der Waals surface area contributed by atoms with Crippen molar-refractivity contribution in [3.63, 3.8) is 0 Å². The molecule has 1 aliphatic rings. The predicted octanol–water partition coefficient (Wildman–Crippen LogP) is 3.92. The van der Waals surface area contributed by atoms with Crippen molar-refractivity contribution >= 4 is 16.9 Å². The van der Waals surface area contributed by atoms with Crippen LogP contribution in [-0.2, 0) is 0 Å². The first-order chi connectivity index (χ1) is 7.60. The molecule has 1 rings (SSSR count). The predicted molar refractivity (Wildman–Crippen MR) is 79.8 cm³/mol. The molecule has 0 saturated carbocycles. The van der Waals surface area contributed by atoms with Gasteiger partial charge in [0.2, 0.25) is 0 Å². The van der Waals surface area contributed by atoms with Crippen LogP contribution < -0.4 is 5.32 Å². The highest BCUT2D eigenvalue weighted by atomic mass is 32.2. The normalized spacial score (nSPS) is 24.2. The van der Waals surface area contributed by atoms with E-state index < -0.39 is 0 Å². The fraction of sp³-hybridized carbons (Fsp3) is 0.929. The highest BCUT2D eigenvalue weighted by Gasteiger charge is 2.28. The van der Waals surface area contributed by atoms with Gasteiger partial charge >= 0.3 is 0 Å². The molecule has 0 aromatic rings. The Morgan fingerprint density at radius 2 is 1.82 bits per heavy atom. The van der Waals surface area contributed by atoms with Crippen molar-refractivity contribution in [2.24, 2.45) is 15.8 Å². The van der Waals surface area contributed by atoms with Gasteiger partial charge in [0, 0.05) is 11.8 Å². The number of hydrogen-bond acceptors (Lipinski definition) is 3. The van der Waals surface area contributed by atoms with Gasteiger partial charge in [-0.05, 0) is 24.2 Å². The Kier molecular flexibility index (Phi) is 4.56. The Labute approximate surface area is 111 Å². The van der Waals surface area contributed by atoms with Gasteiger partial charge in [-0.25, -0.2) is 0 Å². The van der Waals surface area contributed by atoms with Gasteiger partial charge in [-0.2, -0.15) is 0 Å². The summed E-state index contributed by atoms with van der Waals surface area (Å²) in [5.41, 5.74) is 0.552. The molecule has 1 N–H and O–H groups in total. The summed E-state index contributed by atoms with van der Waals surface area (Å²) >= 11 is 1.87. The van der Waals surface area contributed by atoms with E-state index in [4.69, 9.17) is 4.99 Å². The molecule has 3 heteroatoms. The first-order valence-electron chi connectivity index (χ1n) is 6.58. The second kappa shape index (κ2) is 5.21. The van der Waals surface area contributed by atoms with E-state index in [1.807, 2.05) is 11.8 Å². The Balaban J connectivity index is 2.69. The van der Waals surface area contributed by atoms with Crippen molar-refractivity contribution in [3.05, 3.63) is 0 Å². The standard InChI is InChI=1S/C14H28N2S/c1-10(13(2,3)4)15-12-16-11(8-9-17-12)14(5,6)7/h10-11H,8-9H2,1-7H3,(H,15,16). The number of nitrogens with zero attached hydrogens (tertiary/aromatic N) is 1. The Hall–Kier alpha value is -0.180. The first-order valence-corrected chi connectivity index (χ1v) is 7.56. The quantitative estimate of drug-likeness (QED) is 0.769. The van der Waals surface area contributed by atoms with Crippen LogP contribution in [0.4, 0.5) is 0 Å². The van der Waals surface area contributed by atoms with Gasteiger partial charge in [0.15, 0.2) is 5.17 Å². The van der Waals surface area contributed by atoms with Crippen LogP contribution in [0.3, 0.4) is 0 Å². The third-order valence-corrected chi connectivity index (χ3v) is 4.48. The lowest BCUT2D eigenvalue weighted by Crippen LogP contribution is -2.42. The zero-order valence-corrected chi connectivity index (χ0v) is 13.2. The summed E-state index contributed by atoms with van der Waals surface area (Å²) in [6.45, 7) is 15.9. The maximum absolute atomic E-state index is 4.88. The summed E-state index contributed by atoms with van der Waals surface area (Å²) in [5.74, 6) is 1.19. The van der Waals surface area contributed by atoms with Gasteiger partial charge < -0.3 is 5.32 Å². The monoisotopic (exact) mass is 256 g/mol. The van der Waals surface area contributed by atoms with E-state index in [-0.39, 0.29) is 10.8 Å². The Bertz CT molecular complexity index is 284. The molecule has 2 nitrogen and oxygen atoms in total. The van der Waals surface area contributed by atoms with Crippen LogP contribution in [-0.4, -0.2) is 23.0 Å². The summed E-state index contributed by atoms with van der Waals surface area (Å²) < 4.78 is 0. The van der Waals surface area contributed by atoms with Crippen LogP contribution in [0, 0.1) is 10.8 Å². The van der Waals surface area contributed by atoms with Crippen molar-refractivity contribution in [2.75, 3.05) is 5.75 Å². The van der Waals surface area contributed by atoms with Crippen LogP contribution in [0.5, 0.6) is 0 Å². The number of thioether (sulfide) groups is 1. The maximum Gasteiger partial charge on any atom is 0.157 e. The second-order valence-electron chi connectivity index (χ2n) is 7.19. The minimum atomic E-state index is 0.276. The summed E-state index contributed by atoms with van der Waals surface area (Å²) in [6.07, 6.45) is 1.20. The number of hydrogen-bond donors (Lipinski definition) is 1. The highest BCUT2D eigenvalue weighted by Crippen LogP contribution is 2.30. The molecule has 100 valence electrons. The molecule has 2 unspecified atom stereocenters. The van der Waals surface area contributed by atoms with Gasteiger partial charge in [0.25, 0.3) is 0 Å². The van der Waals surface area contributed by atoms with E-state index >= 15 is 0 Å². The molecular weight excluding hydrogens is 228 g/mol. The molecule has 0 aromatic heterocycles. The average Bonchev–Trinajstić information content (AvgIpc) is 2.15. The van der Waals surface area contributed by atoms with Crippen LogP contribution in [0.1, 0.15) is 54.9 Å². The van der Waals surface area contributed by atoms with E-state index in [1.54, 1.807) is 0 Å². The fourth-order valence-corrected chi connectivity index (χ4v) is 2.61. The van der Waals surface area contributed by atoms with E-state index in [1.165, 1.54) is 12.2 Å². The van der Waals surface area contributed by atoms with Crippen LogP contribution in [0.25, 0.3) is 0 Å². The summed E-state index contributed by atoms with van der Waals surface area (Å²) in [5, 5.41) is 4.71. The van der Waals surface area contributed by atoms with Gasteiger partial charge in [0.1, 0.15) is 0 Å². The molecule has 1 aliphatic heterocycles. The minimum absolute atomic E-state index is 0.276. The number of amidine groups is 1. The second-order valence-corrected chi connectivity index (χ2v) is 8.27. The molecule has 0 saturated heterocycles. The smallest absolute Gasteiger partial charge is 0.157 e. The summed E-state index contributed by atoms with van der Waals surface area (Å²) in [7, 11) is 0. The number of aliphatic imine (C=N–C) groups is 1. The lowest BCUT2D eigenvalue weighted by molar-refractivity contribution is 0.305. The van der Waals surface area contributed by atoms with E-state index in [0.29, 0.717) is 12.1 Å². The zero-order chi connectivity index (χ0) is 13.3. The molecule has 0 aromatic carbocycles. The third kappa shape index (κ3) is 4.53. The van der Waals surface area contributed by atoms with Crippen molar-refractivity contribution in [1.29, 1.82) is 0 Å². The lowest BCUT2D eigenvalue weighted by Gasteiger charge is -2.34. The first kappa shape index (κ1) is 14.9. The van der Waals surface area contributed by atoms with Gasteiger partial charge in [-0.3, -0.25) is 4.99 Å². The highest BCUT2D eigenvalue weighted by molar-refractivity contribution is 8.13. The summed E-state index contributed by atoms with van der Waals surface area (Å²) in [6, 6.07) is 0.908. The Morgan fingerprint density at radius 3 is 2.29 bits per heavy atom. The van der Waals surface area contributed by atoms with Crippen LogP contribution in [0.2, 0.25) is 0 Å². The van der Waals surface area contributed by atoms with Crippen LogP contribution in [0.15, 0.2) is 4.99 Å². The SMILES string of the molecule is CC(NC1=NC(C(C)(C)C)CCS1)C(C)(C)C. The van der Waals surface area contributed by atoms with Gasteiger partial charge in [0.05, 0.1) is 6.04 Å². The zero-order valence-electron chi connectivity index (χ0n) is 12.4. The van der Waals surface area contributed by atoms with Gasteiger partial charge in [-0.1, -0.05) is 53.3 Å². The largest absolute Gasteiger partial charge is 0.362 e. The van der Waals surface area contributed by atoms with E-state index in [2.05, 4.69) is 53.8 Å². The van der Waals surface area contributed by atoms with Crippen molar-refractivity contribution in [3.8, 4) is 0 Å². The third-order valence-electron chi connectivity index (χ3n) is 3.54. The molecular formula is C14H28N2S. The number of rotatable bonds is 1. The Morgan fingerprint density at radius 1 is 1.24 bits per heavy atom. The molecule has 17 heavy (non-hydrogen) atoms. The minimum Gasteiger partial charge on any atom is -0.362 e. The molecule has 0 aliphatic carbocycles. The number of nitrogens with one attached hydrogen (secondary N) is 1. The molecule has 0 spiro atoms. The van der Waals surface area contributed by atoms with Crippen molar-refractivity contribution < 1.29 is 0 Å². The fourth-order valence-electron chi connectivity index (χ4n) is 1.62. The van der Waals surface area contributed by atoms with E-state index in [0.717, 1.165) is 5.17 Å². The molecule has 0 fully saturated rings. The van der Waals surface area contributed by atoms with Crippen molar-refractivity contribution in [2.45, 2.75) is 67.0 Å². The lowest BCUT2D eigenvalue weighted by atomic mass is 9.85.